The molecule has 0 radical (unpaired) electrons. The summed E-state index contributed by atoms with van der Waals surface area (Å²) >= 11 is 3.43. The Bertz CT molecular complexity index is 398. The van der Waals surface area contributed by atoms with Gasteiger partial charge < -0.3 is 0 Å². The quantitative estimate of drug-likeness (QED) is 0.397. The van der Waals surface area contributed by atoms with E-state index in [1.165, 1.54) is 38.5 Å². The van der Waals surface area contributed by atoms with E-state index in [-0.39, 0.29) is 5.78 Å². The zero-order valence-electron chi connectivity index (χ0n) is 12.2. The SMILES string of the molecule is CCCCCCCCCC(=O)c1cc(Br)ccc1C. The monoisotopic (exact) mass is 324 g/mol. The summed E-state index contributed by atoms with van der Waals surface area (Å²) in [7, 11) is 0. The van der Waals surface area contributed by atoms with Crippen LogP contribution in [-0.2, 0) is 0 Å². The summed E-state index contributed by atoms with van der Waals surface area (Å²) < 4.78 is 0.987. The van der Waals surface area contributed by atoms with Gasteiger partial charge in [0.15, 0.2) is 5.78 Å². The van der Waals surface area contributed by atoms with Crippen LogP contribution in [0.3, 0.4) is 0 Å². The normalized spacial score (nSPS) is 10.7. The van der Waals surface area contributed by atoms with Crippen LogP contribution in [0.1, 0.15) is 74.2 Å². The van der Waals surface area contributed by atoms with E-state index in [2.05, 4.69) is 22.9 Å². The van der Waals surface area contributed by atoms with Crippen molar-refractivity contribution in [1.82, 2.24) is 0 Å². The Morgan fingerprint density at radius 3 is 2.37 bits per heavy atom. The second kappa shape index (κ2) is 9.30. The van der Waals surface area contributed by atoms with Crippen molar-refractivity contribution in [2.45, 2.75) is 65.2 Å². The van der Waals surface area contributed by atoms with E-state index in [9.17, 15) is 4.79 Å². The number of ketones is 1. The maximum absolute atomic E-state index is 12.1. The minimum atomic E-state index is 0.285. The van der Waals surface area contributed by atoms with E-state index < -0.39 is 0 Å². The Morgan fingerprint density at radius 1 is 1.05 bits per heavy atom. The van der Waals surface area contributed by atoms with E-state index in [1.807, 2.05) is 25.1 Å². The number of Topliss-reactive ketones (excluding diaryl/α,β-unsaturated/α-hetero) is 1. The average Bonchev–Trinajstić information content (AvgIpc) is 2.40. The van der Waals surface area contributed by atoms with Gasteiger partial charge in [-0.2, -0.15) is 0 Å². The predicted molar refractivity (Wildman–Crippen MR) is 85.8 cm³/mol. The first-order chi connectivity index (χ1) is 9.15. The molecule has 1 aromatic rings. The van der Waals surface area contributed by atoms with Crippen molar-refractivity contribution in [2.24, 2.45) is 0 Å². The Morgan fingerprint density at radius 2 is 1.68 bits per heavy atom. The fourth-order valence-corrected chi connectivity index (χ4v) is 2.63. The van der Waals surface area contributed by atoms with Gasteiger partial charge in [-0.15, -0.1) is 0 Å². The maximum atomic E-state index is 12.1. The van der Waals surface area contributed by atoms with Crippen LogP contribution < -0.4 is 0 Å². The number of halogens is 1. The Kier molecular flexibility index (Phi) is 8.04. The molecule has 0 saturated carbocycles. The summed E-state index contributed by atoms with van der Waals surface area (Å²) in [6.45, 7) is 4.24. The van der Waals surface area contributed by atoms with E-state index >= 15 is 0 Å². The van der Waals surface area contributed by atoms with Gasteiger partial charge in [0.25, 0.3) is 0 Å². The van der Waals surface area contributed by atoms with Crippen molar-refractivity contribution in [1.29, 1.82) is 0 Å². The number of hydrogen-bond acceptors (Lipinski definition) is 1. The topological polar surface area (TPSA) is 17.1 Å². The fraction of sp³-hybridized carbons (Fsp3) is 0.588. The zero-order chi connectivity index (χ0) is 14.1. The predicted octanol–water partition coefficient (Wildman–Crippen LogP) is 6.08. The second-order valence-corrected chi connectivity index (χ2v) is 6.17. The Balaban J connectivity index is 2.26. The standard InChI is InChI=1S/C17H25BrO/c1-3-4-5-6-7-8-9-10-17(19)16-13-15(18)12-11-14(16)2/h11-13H,3-10H2,1-2H3. The largest absolute Gasteiger partial charge is 0.294 e. The van der Waals surface area contributed by atoms with Gasteiger partial charge in [0, 0.05) is 16.5 Å². The maximum Gasteiger partial charge on any atom is 0.163 e. The van der Waals surface area contributed by atoms with Gasteiger partial charge in [-0.1, -0.05) is 67.4 Å². The molecular weight excluding hydrogens is 300 g/mol. The van der Waals surface area contributed by atoms with Crippen LogP contribution in [0.2, 0.25) is 0 Å². The summed E-state index contributed by atoms with van der Waals surface area (Å²) in [5.41, 5.74) is 1.96. The molecule has 0 heterocycles. The third-order valence-corrected chi connectivity index (χ3v) is 4.00. The molecule has 2 heteroatoms. The van der Waals surface area contributed by atoms with Crippen LogP contribution in [0.15, 0.2) is 22.7 Å². The third-order valence-electron chi connectivity index (χ3n) is 3.51. The first-order valence-electron chi connectivity index (χ1n) is 7.44. The molecule has 1 aromatic carbocycles. The third kappa shape index (κ3) is 6.38. The molecule has 0 aliphatic heterocycles. The van der Waals surface area contributed by atoms with Crippen molar-refractivity contribution in [3.63, 3.8) is 0 Å². The van der Waals surface area contributed by atoms with Gasteiger partial charge in [0.2, 0.25) is 0 Å². The van der Waals surface area contributed by atoms with Crippen LogP contribution in [-0.4, -0.2) is 5.78 Å². The molecule has 0 spiro atoms. The van der Waals surface area contributed by atoms with Gasteiger partial charge in [0.1, 0.15) is 0 Å². The first kappa shape index (κ1) is 16.4. The molecule has 0 fully saturated rings. The molecule has 0 aliphatic rings. The molecular formula is C17H25BrO. The van der Waals surface area contributed by atoms with Crippen LogP contribution >= 0.6 is 15.9 Å². The fourth-order valence-electron chi connectivity index (χ4n) is 2.27. The molecule has 0 bridgehead atoms. The van der Waals surface area contributed by atoms with Crippen LogP contribution in [0.25, 0.3) is 0 Å². The van der Waals surface area contributed by atoms with E-state index in [1.54, 1.807) is 0 Å². The number of carbonyl (C=O) groups excluding carboxylic acids is 1. The molecule has 0 unspecified atom stereocenters. The molecule has 106 valence electrons. The molecule has 1 rings (SSSR count). The van der Waals surface area contributed by atoms with Gasteiger partial charge in [-0.3, -0.25) is 4.79 Å². The highest BCUT2D eigenvalue weighted by Crippen LogP contribution is 2.19. The van der Waals surface area contributed by atoms with Gasteiger partial charge in [-0.05, 0) is 31.0 Å². The van der Waals surface area contributed by atoms with E-state index in [4.69, 9.17) is 0 Å². The number of unbranched alkanes of at least 4 members (excludes halogenated alkanes) is 6. The van der Waals surface area contributed by atoms with Gasteiger partial charge >= 0.3 is 0 Å². The Labute approximate surface area is 125 Å². The van der Waals surface area contributed by atoms with Gasteiger partial charge in [0.05, 0.1) is 0 Å². The van der Waals surface area contributed by atoms with Crippen LogP contribution in [0.4, 0.5) is 0 Å². The van der Waals surface area contributed by atoms with Gasteiger partial charge in [-0.25, -0.2) is 0 Å². The summed E-state index contributed by atoms with van der Waals surface area (Å²) in [6, 6.07) is 5.93. The molecule has 0 N–H and O–H groups in total. The second-order valence-electron chi connectivity index (χ2n) is 5.25. The summed E-state index contributed by atoms with van der Waals surface area (Å²) in [4.78, 5) is 12.1. The van der Waals surface area contributed by atoms with Crippen LogP contribution in [0, 0.1) is 6.92 Å². The lowest BCUT2D eigenvalue weighted by atomic mass is 10.00. The van der Waals surface area contributed by atoms with E-state index in [0.29, 0.717) is 6.42 Å². The lowest BCUT2D eigenvalue weighted by Crippen LogP contribution is -2.01. The number of aryl methyl sites for hydroxylation is 1. The highest BCUT2D eigenvalue weighted by Gasteiger charge is 2.09. The molecule has 0 amide bonds. The molecule has 0 aromatic heterocycles. The molecule has 19 heavy (non-hydrogen) atoms. The molecule has 0 saturated heterocycles. The zero-order valence-corrected chi connectivity index (χ0v) is 13.8. The van der Waals surface area contributed by atoms with Crippen molar-refractivity contribution < 1.29 is 4.79 Å². The highest BCUT2D eigenvalue weighted by atomic mass is 79.9. The van der Waals surface area contributed by atoms with Crippen molar-refractivity contribution in [3.05, 3.63) is 33.8 Å². The highest BCUT2D eigenvalue weighted by molar-refractivity contribution is 9.10. The Hall–Kier alpha value is -0.630. The molecule has 0 aliphatic carbocycles. The first-order valence-corrected chi connectivity index (χ1v) is 8.23. The minimum absolute atomic E-state index is 0.285. The number of carbonyl (C=O) groups is 1. The summed E-state index contributed by atoms with van der Waals surface area (Å²) in [6.07, 6.45) is 9.46. The minimum Gasteiger partial charge on any atom is -0.294 e. The summed E-state index contributed by atoms with van der Waals surface area (Å²) in [5, 5.41) is 0. The number of benzene rings is 1. The molecule has 0 atom stereocenters. The molecule has 1 nitrogen and oxygen atoms in total. The summed E-state index contributed by atoms with van der Waals surface area (Å²) in [5.74, 6) is 0.285. The lowest BCUT2D eigenvalue weighted by Gasteiger charge is -2.06. The van der Waals surface area contributed by atoms with Crippen molar-refractivity contribution in [3.8, 4) is 0 Å². The average molecular weight is 325 g/mol. The number of rotatable bonds is 9. The number of hydrogen-bond donors (Lipinski definition) is 0. The van der Waals surface area contributed by atoms with Crippen molar-refractivity contribution in [2.75, 3.05) is 0 Å². The smallest absolute Gasteiger partial charge is 0.163 e. The van der Waals surface area contributed by atoms with E-state index in [0.717, 1.165) is 22.0 Å². The van der Waals surface area contributed by atoms with Crippen LogP contribution in [0.5, 0.6) is 0 Å². The lowest BCUT2D eigenvalue weighted by molar-refractivity contribution is 0.0978. The van der Waals surface area contributed by atoms with Crippen molar-refractivity contribution >= 4 is 21.7 Å².